The molecule has 1 aromatic rings. The van der Waals surface area contributed by atoms with Crippen LogP contribution >= 0.6 is 0 Å². The van der Waals surface area contributed by atoms with E-state index in [9.17, 15) is 28.4 Å². The molecule has 0 aliphatic carbocycles. The second-order valence-electron chi connectivity index (χ2n) is 7.60. The Morgan fingerprint density at radius 2 is 1.58 bits per heavy atom. The summed E-state index contributed by atoms with van der Waals surface area (Å²) in [5.74, 6) is -3.63. The fraction of sp³-hybridized carbons (Fsp3) is 0.500. The molecule has 0 radical (unpaired) electrons. The topological polar surface area (TPSA) is 140 Å². The third-order valence-corrected chi connectivity index (χ3v) is 4.62. The van der Waals surface area contributed by atoms with E-state index < -0.39 is 60.9 Å². The molecule has 1 aromatic carbocycles. The molecular weight excluding hydrogens is 437 g/mol. The van der Waals surface area contributed by atoms with Crippen LogP contribution in [0.4, 0.5) is 9.18 Å². The number of rotatable bonds is 12. The van der Waals surface area contributed by atoms with Gasteiger partial charge in [-0.2, -0.15) is 0 Å². The maximum Gasteiger partial charge on any atom is 0.408 e. The third-order valence-electron chi connectivity index (χ3n) is 4.62. The zero-order valence-electron chi connectivity index (χ0n) is 19.1. The summed E-state index contributed by atoms with van der Waals surface area (Å²) in [5, 5.41) is 7.12. The lowest BCUT2D eigenvalue weighted by molar-refractivity contribution is -0.143. The Hall–Kier alpha value is -3.50. The van der Waals surface area contributed by atoms with E-state index in [1.54, 1.807) is 38.1 Å². The van der Waals surface area contributed by atoms with E-state index in [1.807, 2.05) is 6.07 Å². The standard InChI is InChI=1S/C22H30FN3O7/c1-13(2)19(26-22(31)33-12-15-8-6-5-7-9-15)21(30)24-14(3)20(29)25-16(17(27)11-23)10-18(28)32-4/h5-9,13-14,16,19H,10-12H2,1-4H3,(H,24,30)(H,25,29)(H,26,31)/t14-,16-,19+/m0/s1. The number of esters is 1. The van der Waals surface area contributed by atoms with Crippen LogP contribution < -0.4 is 16.0 Å². The second kappa shape index (κ2) is 13.8. The minimum absolute atomic E-state index is 0.0160. The number of Topliss-reactive ketones (excluding diaryl/α,β-unsaturated/α-hetero) is 1. The van der Waals surface area contributed by atoms with Crippen molar-refractivity contribution in [2.75, 3.05) is 13.8 Å². The van der Waals surface area contributed by atoms with Gasteiger partial charge in [0.05, 0.1) is 13.5 Å². The molecule has 1 rings (SSSR count). The molecule has 0 spiro atoms. The van der Waals surface area contributed by atoms with Crippen molar-refractivity contribution in [2.24, 2.45) is 5.92 Å². The van der Waals surface area contributed by atoms with Gasteiger partial charge < -0.3 is 25.4 Å². The fourth-order valence-electron chi connectivity index (χ4n) is 2.68. The van der Waals surface area contributed by atoms with Crippen molar-refractivity contribution in [2.45, 2.75) is 51.9 Å². The van der Waals surface area contributed by atoms with E-state index in [0.29, 0.717) is 0 Å². The summed E-state index contributed by atoms with van der Waals surface area (Å²) in [6.45, 7) is 3.36. The highest BCUT2D eigenvalue weighted by molar-refractivity contribution is 5.96. The number of halogens is 1. The number of nitrogens with one attached hydrogen (secondary N) is 3. The largest absolute Gasteiger partial charge is 0.469 e. The molecule has 11 heteroatoms. The summed E-state index contributed by atoms with van der Waals surface area (Å²) in [4.78, 5) is 60.3. The van der Waals surface area contributed by atoms with Gasteiger partial charge in [-0.25, -0.2) is 9.18 Å². The van der Waals surface area contributed by atoms with Crippen LogP contribution in [-0.2, 0) is 35.3 Å². The average Bonchev–Trinajstić information content (AvgIpc) is 2.80. The van der Waals surface area contributed by atoms with Crippen LogP contribution in [0.3, 0.4) is 0 Å². The summed E-state index contributed by atoms with van der Waals surface area (Å²) in [7, 11) is 1.09. The highest BCUT2D eigenvalue weighted by Gasteiger charge is 2.30. The molecule has 3 N–H and O–H groups in total. The van der Waals surface area contributed by atoms with Gasteiger partial charge in [-0.3, -0.25) is 19.2 Å². The molecule has 0 saturated carbocycles. The molecule has 33 heavy (non-hydrogen) atoms. The number of alkyl carbamates (subject to hydrolysis) is 1. The monoisotopic (exact) mass is 467 g/mol. The Balaban J connectivity index is 2.68. The average molecular weight is 467 g/mol. The predicted molar refractivity (Wildman–Crippen MR) is 116 cm³/mol. The van der Waals surface area contributed by atoms with E-state index in [1.165, 1.54) is 6.92 Å². The van der Waals surface area contributed by atoms with Crippen molar-refractivity contribution in [1.29, 1.82) is 0 Å². The van der Waals surface area contributed by atoms with Gasteiger partial charge in [-0.1, -0.05) is 44.2 Å². The maximum atomic E-state index is 12.8. The van der Waals surface area contributed by atoms with Crippen LogP contribution in [0, 0.1) is 5.92 Å². The number of benzene rings is 1. The van der Waals surface area contributed by atoms with Crippen molar-refractivity contribution in [3.63, 3.8) is 0 Å². The number of methoxy groups -OCH3 is 1. The van der Waals surface area contributed by atoms with Crippen molar-refractivity contribution in [3.8, 4) is 0 Å². The van der Waals surface area contributed by atoms with Gasteiger partial charge in [0.2, 0.25) is 11.8 Å². The molecule has 0 aliphatic heterocycles. The van der Waals surface area contributed by atoms with Gasteiger partial charge in [0, 0.05) is 0 Å². The first-order valence-electron chi connectivity index (χ1n) is 10.3. The van der Waals surface area contributed by atoms with Gasteiger partial charge in [0.25, 0.3) is 0 Å². The molecule has 0 saturated heterocycles. The number of carbonyl (C=O) groups excluding carboxylic acids is 5. The fourth-order valence-corrected chi connectivity index (χ4v) is 2.68. The Morgan fingerprint density at radius 1 is 0.939 bits per heavy atom. The van der Waals surface area contributed by atoms with E-state index in [-0.39, 0.29) is 12.5 Å². The Morgan fingerprint density at radius 3 is 2.12 bits per heavy atom. The van der Waals surface area contributed by atoms with Crippen molar-refractivity contribution in [1.82, 2.24) is 16.0 Å². The Bertz CT molecular complexity index is 833. The molecule has 0 fully saturated rings. The van der Waals surface area contributed by atoms with Crippen molar-refractivity contribution in [3.05, 3.63) is 35.9 Å². The highest BCUT2D eigenvalue weighted by Crippen LogP contribution is 2.06. The van der Waals surface area contributed by atoms with Crippen LogP contribution in [0.5, 0.6) is 0 Å². The number of hydrogen-bond donors (Lipinski definition) is 3. The Labute approximate surface area is 191 Å². The quantitative estimate of drug-likeness (QED) is 0.390. The number of carbonyl (C=O) groups is 5. The molecular formula is C22H30FN3O7. The van der Waals surface area contributed by atoms with Gasteiger partial charge >= 0.3 is 12.1 Å². The number of ether oxygens (including phenoxy) is 2. The van der Waals surface area contributed by atoms with Crippen LogP contribution in [0.1, 0.15) is 32.8 Å². The summed E-state index contributed by atoms with van der Waals surface area (Å²) in [5.41, 5.74) is 0.771. The highest BCUT2D eigenvalue weighted by atomic mass is 19.1. The van der Waals surface area contributed by atoms with Crippen LogP contribution in [0.15, 0.2) is 30.3 Å². The number of alkyl halides is 1. The summed E-state index contributed by atoms with van der Waals surface area (Å²) >= 11 is 0. The van der Waals surface area contributed by atoms with E-state index in [2.05, 4.69) is 20.7 Å². The summed E-state index contributed by atoms with van der Waals surface area (Å²) in [6.07, 6.45) is -1.36. The van der Waals surface area contributed by atoms with E-state index in [4.69, 9.17) is 4.74 Å². The van der Waals surface area contributed by atoms with Crippen LogP contribution in [-0.4, -0.2) is 61.6 Å². The smallest absolute Gasteiger partial charge is 0.408 e. The molecule has 0 aromatic heterocycles. The summed E-state index contributed by atoms with van der Waals surface area (Å²) in [6, 6.07) is 5.39. The molecule has 3 amide bonds. The first-order valence-corrected chi connectivity index (χ1v) is 10.3. The molecule has 0 heterocycles. The van der Waals surface area contributed by atoms with Gasteiger partial charge in [0.15, 0.2) is 5.78 Å². The Kier molecular flexibility index (Phi) is 11.5. The van der Waals surface area contributed by atoms with Crippen LogP contribution in [0.2, 0.25) is 0 Å². The van der Waals surface area contributed by atoms with Gasteiger partial charge in [-0.15, -0.1) is 0 Å². The van der Waals surface area contributed by atoms with Crippen molar-refractivity contribution >= 4 is 29.7 Å². The number of hydrogen-bond acceptors (Lipinski definition) is 7. The zero-order valence-corrected chi connectivity index (χ0v) is 19.1. The van der Waals surface area contributed by atoms with E-state index >= 15 is 0 Å². The molecule has 10 nitrogen and oxygen atoms in total. The van der Waals surface area contributed by atoms with Gasteiger partial charge in [-0.05, 0) is 18.4 Å². The number of amides is 3. The first-order chi connectivity index (χ1) is 15.6. The maximum absolute atomic E-state index is 12.8. The molecule has 3 atom stereocenters. The summed E-state index contributed by atoms with van der Waals surface area (Å²) < 4.78 is 22.3. The van der Waals surface area contributed by atoms with E-state index in [0.717, 1.165) is 12.7 Å². The second-order valence-corrected chi connectivity index (χ2v) is 7.60. The SMILES string of the molecule is COC(=O)C[C@H](NC(=O)[C@H](C)NC(=O)[C@H](NC(=O)OCc1ccccc1)C(C)C)C(=O)CF. The molecule has 0 aliphatic rings. The minimum atomic E-state index is -1.43. The third kappa shape index (κ3) is 9.67. The lowest BCUT2D eigenvalue weighted by atomic mass is 10.0. The zero-order chi connectivity index (χ0) is 25.0. The first kappa shape index (κ1) is 27.5. The van der Waals surface area contributed by atoms with Gasteiger partial charge in [0.1, 0.15) is 31.4 Å². The van der Waals surface area contributed by atoms with Crippen molar-refractivity contribution < 1.29 is 37.8 Å². The lowest BCUT2D eigenvalue weighted by Crippen LogP contribution is -2.56. The molecule has 0 bridgehead atoms. The van der Waals surface area contributed by atoms with Crippen LogP contribution in [0.25, 0.3) is 0 Å². The number of ketones is 1. The minimum Gasteiger partial charge on any atom is -0.469 e. The predicted octanol–water partition coefficient (Wildman–Crippen LogP) is 1.03. The molecule has 0 unspecified atom stereocenters. The normalized spacial score (nSPS) is 13.3. The lowest BCUT2D eigenvalue weighted by Gasteiger charge is -2.24. The molecule has 182 valence electrons.